The summed E-state index contributed by atoms with van der Waals surface area (Å²) in [5.41, 5.74) is -0.716. The Balaban J connectivity index is 0.00000225. The van der Waals surface area contributed by atoms with E-state index >= 15 is 0 Å². The highest BCUT2D eigenvalue weighted by Gasteiger charge is 2.19. The average Bonchev–Trinajstić information content (AvgIpc) is 2.55. The molecule has 0 unspecified atom stereocenters. The van der Waals surface area contributed by atoms with Crippen molar-refractivity contribution in [2.75, 3.05) is 6.26 Å². The summed E-state index contributed by atoms with van der Waals surface area (Å²) in [6.45, 7) is 1.77. The number of nitrogens with zero attached hydrogens (tertiary/aromatic N) is 2. The number of carbonyl (C=O) groups excluding carboxylic acids is 1. The fraction of sp³-hybridized carbons (Fsp3) is 0.176. The molecule has 2 heterocycles. The van der Waals surface area contributed by atoms with Crippen LogP contribution in [0.3, 0.4) is 0 Å². The minimum Gasteiger partial charge on any atom is -1.00 e. The summed E-state index contributed by atoms with van der Waals surface area (Å²) in [6.07, 6.45) is 3.67. The summed E-state index contributed by atoms with van der Waals surface area (Å²) in [5, 5.41) is 1.35. The Morgan fingerprint density at radius 3 is 2.76 bits per heavy atom. The van der Waals surface area contributed by atoms with Gasteiger partial charge < -0.3 is 21.4 Å². The Morgan fingerprint density at radius 2 is 2.08 bits per heavy atom. The number of Topliss-reactive ketones (excluding diaryl/α,β-unsaturated/α-hetero) is 1. The molecule has 1 aromatic carbocycles. The molecule has 0 saturated carbocycles. The second-order valence-corrected chi connectivity index (χ2v) is 6.02. The number of thioether (sulfide) groups is 1. The second-order valence-electron chi connectivity index (χ2n) is 5.20. The van der Waals surface area contributed by atoms with Gasteiger partial charge in [0.05, 0.1) is 6.20 Å². The van der Waals surface area contributed by atoms with Gasteiger partial charge in [0.15, 0.2) is 6.54 Å². The van der Waals surface area contributed by atoms with Gasteiger partial charge in [0.1, 0.15) is 17.0 Å². The lowest BCUT2D eigenvalue weighted by molar-refractivity contribution is -0.692. The van der Waals surface area contributed by atoms with E-state index in [4.69, 9.17) is 4.42 Å². The van der Waals surface area contributed by atoms with Crippen LogP contribution in [0, 0.1) is 12.7 Å². The summed E-state index contributed by atoms with van der Waals surface area (Å²) in [4.78, 5) is 28.8. The molecule has 2 aromatic heterocycles. The fourth-order valence-electron chi connectivity index (χ4n) is 2.32. The Labute approximate surface area is 157 Å². The summed E-state index contributed by atoms with van der Waals surface area (Å²) in [6, 6.07) is 7.08. The van der Waals surface area contributed by atoms with Crippen molar-refractivity contribution in [3.8, 4) is 0 Å². The number of hydrogen-bond donors (Lipinski definition) is 0. The van der Waals surface area contributed by atoms with Gasteiger partial charge in [-0.3, -0.25) is 4.79 Å². The van der Waals surface area contributed by atoms with Gasteiger partial charge in [0.2, 0.25) is 10.8 Å². The third-order valence-corrected chi connectivity index (χ3v) is 4.25. The molecule has 0 aliphatic carbocycles. The van der Waals surface area contributed by atoms with Crippen molar-refractivity contribution in [1.82, 2.24) is 4.98 Å². The zero-order valence-corrected chi connectivity index (χ0v) is 15.9. The van der Waals surface area contributed by atoms with Crippen molar-refractivity contribution in [2.45, 2.75) is 18.5 Å². The minimum atomic E-state index is -0.773. The van der Waals surface area contributed by atoms with Gasteiger partial charge in [-0.2, -0.15) is 0 Å². The van der Waals surface area contributed by atoms with Crippen LogP contribution in [-0.4, -0.2) is 17.0 Å². The van der Waals surface area contributed by atoms with E-state index in [1.54, 1.807) is 23.8 Å². The molecule has 0 fully saturated rings. The summed E-state index contributed by atoms with van der Waals surface area (Å²) in [7, 11) is 0. The van der Waals surface area contributed by atoms with E-state index in [-0.39, 0.29) is 40.5 Å². The van der Waals surface area contributed by atoms with Gasteiger partial charge in [0, 0.05) is 24.4 Å². The Morgan fingerprint density at radius 1 is 1.32 bits per heavy atom. The molecule has 130 valence electrons. The van der Waals surface area contributed by atoms with Crippen LogP contribution >= 0.6 is 11.8 Å². The molecule has 3 aromatic rings. The predicted octanol–water partition coefficient (Wildman–Crippen LogP) is -0.468. The van der Waals surface area contributed by atoms with Gasteiger partial charge >= 0.3 is 5.63 Å². The largest absolute Gasteiger partial charge is 1.00 e. The van der Waals surface area contributed by atoms with Crippen LogP contribution in [0.4, 0.5) is 4.39 Å². The number of carbonyl (C=O) groups is 1. The lowest BCUT2D eigenvalue weighted by atomic mass is 10.1. The minimum absolute atomic E-state index is 0. The molecular formula is C17H14BrFN2O3S. The van der Waals surface area contributed by atoms with Crippen molar-refractivity contribution in [1.29, 1.82) is 0 Å². The predicted molar refractivity (Wildman–Crippen MR) is 87.7 cm³/mol. The van der Waals surface area contributed by atoms with Crippen LogP contribution < -0.4 is 27.2 Å². The lowest BCUT2D eigenvalue weighted by Crippen LogP contribution is -3.00. The highest BCUT2D eigenvalue weighted by atomic mass is 79.9. The maximum atomic E-state index is 13.2. The second kappa shape index (κ2) is 7.88. The van der Waals surface area contributed by atoms with E-state index in [1.165, 1.54) is 30.0 Å². The SMILES string of the molecule is CSc1cc[n+](CC(=O)c2cc3ccc(F)cc3oc2=O)c(C)n1.[Br-]. The van der Waals surface area contributed by atoms with Crippen LogP contribution in [0.1, 0.15) is 16.2 Å². The van der Waals surface area contributed by atoms with Crippen LogP contribution in [-0.2, 0) is 6.54 Å². The highest BCUT2D eigenvalue weighted by Crippen LogP contribution is 2.15. The van der Waals surface area contributed by atoms with Crippen molar-refractivity contribution < 1.29 is 35.2 Å². The summed E-state index contributed by atoms with van der Waals surface area (Å²) in [5.74, 6) is -0.222. The Hall–Kier alpha value is -2.06. The first kappa shape index (κ1) is 19.3. The van der Waals surface area contributed by atoms with Crippen LogP contribution in [0.2, 0.25) is 0 Å². The number of rotatable bonds is 4. The third-order valence-electron chi connectivity index (χ3n) is 3.61. The van der Waals surface area contributed by atoms with Crippen LogP contribution in [0.25, 0.3) is 11.0 Å². The average molecular weight is 425 g/mol. The Bertz CT molecular complexity index is 1010. The number of hydrogen-bond acceptors (Lipinski definition) is 5. The van der Waals surface area contributed by atoms with Crippen molar-refractivity contribution >= 4 is 28.5 Å². The first-order chi connectivity index (χ1) is 11.5. The van der Waals surface area contributed by atoms with Crippen molar-refractivity contribution in [2.24, 2.45) is 0 Å². The van der Waals surface area contributed by atoms with Crippen molar-refractivity contribution in [3.63, 3.8) is 0 Å². The standard InChI is InChI=1S/C17H14FN2O3S.BrH/c1-10-19-16(24-2)5-6-20(10)9-14(21)13-7-11-3-4-12(18)8-15(11)23-17(13)22;/h3-8H,9H2,1-2H3;1H/q+1;/p-1. The molecule has 0 bridgehead atoms. The Kier molecular flexibility index (Phi) is 6.07. The van der Waals surface area contributed by atoms with E-state index in [9.17, 15) is 14.0 Å². The van der Waals surface area contributed by atoms with E-state index < -0.39 is 11.4 Å². The number of ketones is 1. The van der Waals surface area contributed by atoms with Crippen LogP contribution in [0.5, 0.6) is 0 Å². The number of aromatic nitrogens is 2. The summed E-state index contributed by atoms with van der Waals surface area (Å²) >= 11 is 1.51. The third kappa shape index (κ3) is 4.13. The fourth-order valence-corrected chi connectivity index (χ4v) is 2.74. The van der Waals surface area contributed by atoms with Crippen molar-refractivity contribution in [3.05, 3.63) is 64.2 Å². The zero-order chi connectivity index (χ0) is 17.3. The maximum Gasteiger partial charge on any atom is 0.347 e. The molecule has 5 nitrogen and oxygen atoms in total. The first-order valence-electron chi connectivity index (χ1n) is 7.15. The van der Waals surface area contributed by atoms with E-state index in [0.717, 1.165) is 11.1 Å². The van der Waals surface area contributed by atoms with E-state index in [0.29, 0.717) is 11.2 Å². The van der Waals surface area contributed by atoms with Gasteiger partial charge in [-0.1, -0.05) is 11.8 Å². The number of fused-ring (bicyclic) bond motifs is 1. The summed E-state index contributed by atoms with van der Waals surface area (Å²) < 4.78 is 19.9. The van der Waals surface area contributed by atoms with Gasteiger partial charge in [-0.15, -0.1) is 0 Å². The molecular weight excluding hydrogens is 411 g/mol. The molecule has 3 rings (SSSR count). The van der Waals surface area contributed by atoms with E-state index in [2.05, 4.69) is 4.98 Å². The molecule has 0 N–H and O–H groups in total. The highest BCUT2D eigenvalue weighted by molar-refractivity contribution is 7.98. The van der Waals surface area contributed by atoms with Gasteiger partial charge in [0.25, 0.3) is 5.82 Å². The molecule has 0 aliphatic rings. The topological polar surface area (TPSA) is 64.1 Å². The molecule has 0 saturated heterocycles. The smallest absolute Gasteiger partial charge is 0.347 e. The van der Waals surface area contributed by atoms with Gasteiger partial charge in [-0.05, 0) is 29.4 Å². The van der Waals surface area contributed by atoms with Gasteiger partial charge in [-0.25, -0.2) is 13.8 Å². The molecule has 0 radical (unpaired) electrons. The monoisotopic (exact) mass is 424 g/mol. The number of halogens is 2. The van der Waals surface area contributed by atoms with Crippen LogP contribution in [0.15, 0.2) is 50.8 Å². The molecule has 25 heavy (non-hydrogen) atoms. The number of benzene rings is 1. The van der Waals surface area contributed by atoms with E-state index in [1.807, 2.05) is 6.26 Å². The lowest BCUT2D eigenvalue weighted by Gasteiger charge is -2.03. The normalized spacial score (nSPS) is 10.5. The zero-order valence-electron chi connectivity index (χ0n) is 13.5. The molecule has 0 atom stereocenters. The quantitative estimate of drug-likeness (QED) is 0.186. The molecule has 0 aliphatic heterocycles. The first-order valence-corrected chi connectivity index (χ1v) is 8.38. The molecule has 8 heteroatoms. The molecule has 0 amide bonds. The maximum absolute atomic E-state index is 13.2. The number of aryl methyl sites for hydroxylation is 1. The molecule has 0 spiro atoms.